The van der Waals surface area contributed by atoms with Crippen LogP contribution in [0.3, 0.4) is 0 Å². The van der Waals surface area contributed by atoms with Crippen LogP contribution < -0.4 is 9.47 Å². The largest absolute Gasteiger partial charge is 0.508 e. The molecule has 1 atom stereocenters. The van der Waals surface area contributed by atoms with Crippen molar-refractivity contribution in [2.24, 2.45) is 5.92 Å². The molecule has 0 radical (unpaired) electrons. The summed E-state index contributed by atoms with van der Waals surface area (Å²) in [5.74, 6) is 1.72. The van der Waals surface area contributed by atoms with Gasteiger partial charge in [-0.3, -0.25) is 9.29 Å². The second kappa shape index (κ2) is 10.2. The van der Waals surface area contributed by atoms with Gasteiger partial charge in [-0.25, -0.2) is 0 Å². The summed E-state index contributed by atoms with van der Waals surface area (Å²) in [4.78, 5) is 2.18. The summed E-state index contributed by atoms with van der Waals surface area (Å²) in [5.41, 5.74) is 4.65. The van der Waals surface area contributed by atoms with Gasteiger partial charge in [-0.1, -0.05) is 23.7 Å². The Labute approximate surface area is 215 Å². The van der Waals surface area contributed by atoms with Gasteiger partial charge in [-0.15, -0.1) is 0 Å². The molecule has 0 saturated carbocycles. The Hall–Kier alpha value is -3.53. The highest BCUT2D eigenvalue weighted by Gasteiger charge is 2.31. The molecule has 0 amide bonds. The van der Waals surface area contributed by atoms with Crippen molar-refractivity contribution in [3.05, 3.63) is 87.9 Å². The van der Waals surface area contributed by atoms with Gasteiger partial charge >= 0.3 is 0 Å². The van der Waals surface area contributed by atoms with Crippen molar-refractivity contribution in [2.75, 3.05) is 32.9 Å². The van der Waals surface area contributed by atoms with Gasteiger partial charge in [0.1, 0.15) is 30.0 Å². The molecule has 2 aliphatic rings. The minimum atomic E-state index is -0.471. The van der Waals surface area contributed by atoms with E-state index in [2.05, 4.69) is 11.0 Å². The van der Waals surface area contributed by atoms with Gasteiger partial charge in [0.2, 0.25) is 0 Å². The molecule has 184 valence electrons. The predicted molar refractivity (Wildman–Crippen MR) is 138 cm³/mol. The zero-order chi connectivity index (χ0) is 25.2. The van der Waals surface area contributed by atoms with Gasteiger partial charge < -0.3 is 14.6 Å². The fourth-order valence-corrected chi connectivity index (χ4v) is 5.03. The number of benzene rings is 3. The van der Waals surface area contributed by atoms with Gasteiger partial charge in [0, 0.05) is 47.3 Å². The van der Waals surface area contributed by atoms with Crippen LogP contribution >= 0.6 is 11.6 Å². The topological polar surface area (TPSA) is 65.7 Å². The summed E-state index contributed by atoms with van der Waals surface area (Å²) in [5, 5.41) is 20.1. The third-order valence-corrected chi connectivity index (χ3v) is 7.10. The van der Waals surface area contributed by atoms with E-state index >= 15 is 0 Å². The van der Waals surface area contributed by atoms with Crippen molar-refractivity contribution < 1.29 is 19.0 Å². The molecule has 0 aliphatic carbocycles. The van der Waals surface area contributed by atoms with E-state index < -0.39 is 6.10 Å². The molecule has 1 fully saturated rings. The minimum Gasteiger partial charge on any atom is -0.508 e. The number of rotatable bonds is 7. The van der Waals surface area contributed by atoms with Crippen LogP contribution in [0.15, 0.2) is 60.7 Å². The lowest BCUT2D eigenvalue weighted by Gasteiger charge is -2.37. The van der Waals surface area contributed by atoms with Crippen molar-refractivity contribution in [2.45, 2.75) is 13.0 Å². The highest BCUT2D eigenvalue weighted by molar-refractivity contribution is 6.32. The minimum absolute atomic E-state index is 0.145. The fraction of sp³-hybridized carbons (Fsp3) is 0.276. The van der Waals surface area contributed by atoms with Crippen LogP contribution in [-0.4, -0.2) is 42.9 Å². The van der Waals surface area contributed by atoms with Crippen LogP contribution in [0.25, 0.3) is 11.1 Å². The Morgan fingerprint density at radius 3 is 2.61 bits per heavy atom. The molecule has 3 aromatic carbocycles. The average molecular weight is 505 g/mol. The van der Waals surface area contributed by atoms with Crippen LogP contribution in [0, 0.1) is 17.2 Å². The normalized spacial score (nSPS) is 17.7. The van der Waals surface area contributed by atoms with E-state index in [1.165, 1.54) is 0 Å². The van der Waals surface area contributed by atoms with E-state index in [4.69, 9.17) is 21.1 Å². The maximum atomic E-state index is 12.6. The summed E-state index contributed by atoms with van der Waals surface area (Å²) in [6, 6.07) is 20.1. The van der Waals surface area contributed by atoms with Crippen molar-refractivity contribution in [3.63, 3.8) is 0 Å². The molecule has 0 spiro atoms. The molecule has 0 aromatic heterocycles. The average Bonchev–Trinajstić information content (AvgIpc) is 2.87. The molecule has 0 bridgehead atoms. The van der Waals surface area contributed by atoms with E-state index in [-0.39, 0.29) is 18.3 Å². The molecule has 2 heterocycles. The first-order chi connectivity index (χ1) is 17.5. The zero-order valence-electron chi connectivity index (χ0n) is 19.9. The second-order valence-corrected chi connectivity index (χ2v) is 9.63. The first-order valence-corrected chi connectivity index (χ1v) is 12.3. The van der Waals surface area contributed by atoms with Crippen LogP contribution in [0.5, 0.6) is 17.2 Å². The first-order valence-electron chi connectivity index (χ1n) is 11.9. The van der Waals surface area contributed by atoms with Crippen LogP contribution in [0.2, 0.25) is 5.02 Å². The summed E-state index contributed by atoms with van der Waals surface area (Å²) in [6.45, 7) is 4.61. The Bertz CT molecular complexity index is 1340. The number of fused-ring (bicyclic) bond motifs is 1. The first kappa shape index (κ1) is 24.2. The standard InChI is InChI=1S/C29H26ClFN2O3/c1-18-24-13-22(34)5-9-27(24)36-29(28(18)25-12-19(15-32)2-8-26(25)30)21-3-6-23(7-4-21)35-11-10-33-16-20(14-31)17-33/h2-9,12-13,20,29,34H,10-11,14,16-17H2,1H3/t29-/m0/s1. The van der Waals surface area contributed by atoms with E-state index in [1.807, 2.05) is 31.2 Å². The molecule has 3 aromatic rings. The number of phenols is 1. The number of phenolic OH excluding ortho intramolecular Hbond substituents is 1. The molecule has 1 saturated heterocycles. The lowest BCUT2D eigenvalue weighted by molar-refractivity contribution is 0.0668. The molecular formula is C29H26ClFN2O3. The van der Waals surface area contributed by atoms with Crippen molar-refractivity contribution in [3.8, 4) is 23.3 Å². The fourth-order valence-electron chi connectivity index (χ4n) is 4.81. The Kier molecular flexibility index (Phi) is 6.86. The summed E-state index contributed by atoms with van der Waals surface area (Å²) >= 11 is 6.61. The molecule has 0 unspecified atom stereocenters. The number of likely N-dealkylation sites (tertiary alicyclic amines) is 1. The monoisotopic (exact) mass is 504 g/mol. The quantitative estimate of drug-likeness (QED) is 0.411. The lowest BCUT2D eigenvalue weighted by atomic mass is 9.85. The van der Waals surface area contributed by atoms with E-state index in [0.717, 1.165) is 47.7 Å². The van der Waals surface area contributed by atoms with Crippen molar-refractivity contribution >= 4 is 22.7 Å². The number of allylic oxidation sites excluding steroid dienone is 1. The number of nitriles is 1. The van der Waals surface area contributed by atoms with Crippen LogP contribution in [0.4, 0.5) is 4.39 Å². The SMILES string of the molecule is CC1=C(c2cc(C#N)ccc2Cl)[C@H](c2ccc(OCCN3CC(CF)C3)cc2)Oc2ccc(O)cc21. The zero-order valence-corrected chi connectivity index (χ0v) is 20.6. The number of alkyl halides is 1. The van der Waals surface area contributed by atoms with Crippen LogP contribution in [0.1, 0.15) is 35.3 Å². The Morgan fingerprint density at radius 2 is 1.89 bits per heavy atom. The molecule has 1 N–H and O–H groups in total. The molecule has 7 heteroatoms. The molecule has 36 heavy (non-hydrogen) atoms. The van der Waals surface area contributed by atoms with Gasteiger partial charge in [0.15, 0.2) is 0 Å². The summed E-state index contributed by atoms with van der Waals surface area (Å²) in [6.07, 6.45) is -0.471. The van der Waals surface area contributed by atoms with Crippen molar-refractivity contribution in [1.29, 1.82) is 5.26 Å². The van der Waals surface area contributed by atoms with Gasteiger partial charge in [0.25, 0.3) is 0 Å². The lowest BCUT2D eigenvalue weighted by Crippen LogP contribution is -2.49. The number of hydrogen-bond acceptors (Lipinski definition) is 5. The van der Waals surface area contributed by atoms with E-state index in [0.29, 0.717) is 28.5 Å². The number of ether oxygens (including phenoxy) is 2. The third kappa shape index (κ3) is 4.77. The molecule has 2 aliphatic heterocycles. The van der Waals surface area contributed by atoms with Gasteiger partial charge in [0.05, 0.1) is 18.3 Å². The van der Waals surface area contributed by atoms with Crippen LogP contribution in [-0.2, 0) is 0 Å². The highest BCUT2D eigenvalue weighted by atomic mass is 35.5. The van der Waals surface area contributed by atoms with Gasteiger partial charge in [-0.2, -0.15) is 5.26 Å². The number of nitrogens with zero attached hydrogens (tertiary/aromatic N) is 2. The Balaban J connectivity index is 1.43. The molecular weight excluding hydrogens is 479 g/mol. The number of aromatic hydroxyl groups is 1. The highest BCUT2D eigenvalue weighted by Crippen LogP contribution is 2.48. The molecule has 5 rings (SSSR count). The maximum Gasteiger partial charge on any atom is 0.150 e. The number of hydrogen-bond donors (Lipinski definition) is 1. The molecule has 5 nitrogen and oxygen atoms in total. The van der Waals surface area contributed by atoms with Crippen molar-refractivity contribution in [1.82, 2.24) is 4.90 Å². The second-order valence-electron chi connectivity index (χ2n) is 9.22. The smallest absolute Gasteiger partial charge is 0.150 e. The summed E-state index contributed by atoms with van der Waals surface area (Å²) in [7, 11) is 0. The van der Waals surface area contributed by atoms with E-state index in [1.54, 1.807) is 36.4 Å². The van der Waals surface area contributed by atoms with E-state index in [9.17, 15) is 14.8 Å². The Morgan fingerprint density at radius 1 is 1.11 bits per heavy atom. The summed E-state index contributed by atoms with van der Waals surface area (Å²) < 4.78 is 25.0. The third-order valence-electron chi connectivity index (χ3n) is 6.77. The maximum absolute atomic E-state index is 12.6. The number of halogens is 2. The predicted octanol–water partition coefficient (Wildman–Crippen LogP) is 6.26. The van der Waals surface area contributed by atoms with Gasteiger partial charge in [-0.05, 0) is 66.6 Å².